The topological polar surface area (TPSA) is 67.5 Å². The number of aliphatic imine (C=N–C) groups is 1. The zero-order chi connectivity index (χ0) is 18.7. The fourth-order valence-electron chi connectivity index (χ4n) is 2.66. The first kappa shape index (κ1) is 17.7. The summed E-state index contributed by atoms with van der Waals surface area (Å²) < 4.78 is 40.5. The summed E-state index contributed by atoms with van der Waals surface area (Å²) in [6.07, 6.45) is 3.49. The third kappa shape index (κ3) is 3.61. The monoisotopic (exact) mass is 359 g/mol. The Morgan fingerprint density at radius 3 is 2.54 bits per heavy atom. The van der Waals surface area contributed by atoms with Crippen LogP contribution in [0.1, 0.15) is 18.4 Å². The summed E-state index contributed by atoms with van der Waals surface area (Å²) in [5, 5.41) is 2.53. The molecular weight excluding hydrogens is 343 g/mol. The largest absolute Gasteiger partial charge is 0.384 e. The number of nitrogens with two attached hydrogens (primary N) is 1. The molecular formula is C19H16F3N3O. The summed E-state index contributed by atoms with van der Waals surface area (Å²) in [5.41, 5.74) is 4.95. The minimum Gasteiger partial charge on any atom is -0.384 e. The maximum absolute atomic E-state index is 14.0. The van der Waals surface area contributed by atoms with Crippen LogP contribution in [0.25, 0.3) is 0 Å². The molecule has 0 heterocycles. The summed E-state index contributed by atoms with van der Waals surface area (Å²) in [4.78, 5) is 16.2. The van der Waals surface area contributed by atoms with E-state index in [9.17, 15) is 18.0 Å². The molecule has 3 N–H and O–H groups in total. The first-order valence-corrected chi connectivity index (χ1v) is 7.94. The van der Waals surface area contributed by atoms with Crippen molar-refractivity contribution in [1.29, 1.82) is 0 Å². The van der Waals surface area contributed by atoms with Gasteiger partial charge in [-0.15, -0.1) is 0 Å². The smallest absolute Gasteiger partial charge is 0.258 e. The van der Waals surface area contributed by atoms with E-state index in [1.54, 1.807) is 18.2 Å². The third-order valence-corrected chi connectivity index (χ3v) is 4.20. The summed E-state index contributed by atoms with van der Waals surface area (Å²) in [7, 11) is 0. The Bertz CT molecular complexity index is 905. The van der Waals surface area contributed by atoms with Gasteiger partial charge in [0.25, 0.3) is 5.91 Å². The van der Waals surface area contributed by atoms with Gasteiger partial charge in [0.15, 0.2) is 0 Å². The van der Waals surface area contributed by atoms with Crippen LogP contribution in [0, 0.1) is 17.5 Å². The first-order valence-electron chi connectivity index (χ1n) is 7.94. The van der Waals surface area contributed by atoms with Crippen molar-refractivity contribution < 1.29 is 18.0 Å². The number of hydrogen-bond donors (Lipinski definition) is 2. The molecule has 2 aromatic rings. The minimum atomic E-state index is -0.966. The van der Waals surface area contributed by atoms with Gasteiger partial charge in [0.05, 0.1) is 11.1 Å². The summed E-state index contributed by atoms with van der Waals surface area (Å²) in [6, 6.07) is 9.04. The van der Waals surface area contributed by atoms with Gasteiger partial charge in [-0.2, -0.15) is 4.99 Å². The number of hydrogen-bond acceptors (Lipinski definition) is 2. The van der Waals surface area contributed by atoms with E-state index < -0.39 is 28.8 Å². The molecule has 1 amide bonds. The van der Waals surface area contributed by atoms with Crippen LogP contribution >= 0.6 is 0 Å². The van der Waals surface area contributed by atoms with E-state index in [4.69, 9.17) is 5.73 Å². The predicted molar refractivity (Wildman–Crippen MR) is 93.1 cm³/mol. The van der Waals surface area contributed by atoms with Crippen LogP contribution in [0.2, 0.25) is 0 Å². The highest BCUT2D eigenvalue weighted by molar-refractivity contribution is 6.04. The fourth-order valence-corrected chi connectivity index (χ4v) is 2.66. The Balaban J connectivity index is 1.71. The Kier molecular flexibility index (Phi) is 4.79. The van der Waals surface area contributed by atoms with E-state index in [0.29, 0.717) is 18.4 Å². The second-order valence-corrected chi connectivity index (χ2v) is 6.01. The standard InChI is InChI=1S/C19H16F3N3O/c20-12-5-6-15(22)16(11-12)24-10-7-17(23)25-18(26)19(8-9-19)13-3-1-2-4-14(13)21/h1-7,10-11,24H,8-9H2,(H2,23,25,26)/b10-7-. The van der Waals surface area contributed by atoms with Gasteiger partial charge >= 0.3 is 0 Å². The Labute approximate surface area is 148 Å². The molecule has 0 radical (unpaired) electrons. The molecule has 1 aliphatic carbocycles. The Morgan fingerprint density at radius 2 is 1.85 bits per heavy atom. The van der Waals surface area contributed by atoms with Crippen LogP contribution in [0.5, 0.6) is 0 Å². The molecule has 0 bridgehead atoms. The van der Waals surface area contributed by atoms with Gasteiger partial charge < -0.3 is 11.1 Å². The van der Waals surface area contributed by atoms with Crippen molar-refractivity contribution in [2.45, 2.75) is 18.3 Å². The van der Waals surface area contributed by atoms with Crippen LogP contribution < -0.4 is 11.1 Å². The van der Waals surface area contributed by atoms with E-state index in [2.05, 4.69) is 10.3 Å². The fraction of sp³-hybridized carbons (Fsp3) is 0.158. The number of amides is 1. The lowest BCUT2D eigenvalue weighted by molar-refractivity contribution is -0.120. The van der Waals surface area contributed by atoms with Gasteiger partial charge in [-0.1, -0.05) is 18.2 Å². The SMILES string of the molecule is NC(/C=C\Nc1cc(F)ccc1F)=NC(=O)C1(c2ccccc2F)CC1. The summed E-state index contributed by atoms with van der Waals surface area (Å²) in [5.74, 6) is -2.34. The summed E-state index contributed by atoms with van der Waals surface area (Å²) in [6.45, 7) is 0. The number of carbonyl (C=O) groups excluding carboxylic acids is 1. The number of amidine groups is 1. The van der Waals surface area contributed by atoms with Crippen LogP contribution in [0.4, 0.5) is 18.9 Å². The van der Waals surface area contributed by atoms with Crippen LogP contribution in [-0.4, -0.2) is 11.7 Å². The van der Waals surface area contributed by atoms with E-state index in [1.807, 2.05) is 0 Å². The molecule has 0 atom stereocenters. The van der Waals surface area contributed by atoms with E-state index >= 15 is 0 Å². The number of halogens is 3. The highest BCUT2D eigenvalue weighted by atomic mass is 19.1. The molecule has 0 unspecified atom stereocenters. The second-order valence-electron chi connectivity index (χ2n) is 6.01. The van der Waals surface area contributed by atoms with E-state index in [1.165, 1.54) is 18.3 Å². The van der Waals surface area contributed by atoms with Gasteiger partial charge in [0.1, 0.15) is 23.3 Å². The van der Waals surface area contributed by atoms with Gasteiger partial charge in [-0.25, -0.2) is 13.2 Å². The number of nitrogens with one attached hydrogen (secondary N) is 1. The maximum Gasteiger partial charge on any atom is 0.258 e. The average molecular weight is 359 g/mol. The molecule has 134 valence electrons. The molecule has 1 fully saturated rings. The van der Waals surface area contributed by atoms with Crippen molar-refractivity contribution >= 4 is 17.4 Å². The molecule has 0 aliphatic heterocycles. The van der Waals surface area contributed by atoms with Gasteiger partial charge in [0.2, 0.25) is 0 Å². The first-order chi connectivity index (χ1) is 12.4. The van der Waals surface area contributed by atoms with Gasteiger partial charge in [-0.3, -0.25) is 4.79 Å². The van der Waals surface area contributed by atoms with Crippen LogP contribution in [0.15, 0.2) is 59.7 Å². The molecule has 1 saturated carbocycles. The third-order valence-electron chi connectivity index (χ3n) is 4.20. The van der Waals surface area contributed by atoms with E-state index in [-0.39, 0.29) is 11.5 Å². The maximum atomic E-state index is 14.0. The minimum absolute atomic E-state index is 0.0783. The highest BCUT2D eigenvalue weighted by Crippen LogP contribution is 2.50. The van der Waals surface area contributed by atoms with Crippen molar-refractivity contribution in [2.75, 3.05) is 5.32 Å². The van der Waals surface area contributed by atoms with Gasteiger partial charge in [-0.05, 0) is 37.1 Å². The zero-order valence-electron chi connectivity index (χ0n) is 13.7. The van der Waals surface area contributed by atoms with E-state index in [0.717, 1.165) is 18.2 Å². The Morgan fingerprint density at radius 1 is 1.12 bits per heavy atom. The quantitative estimate of drug-likeness (QED) is 0.633. The van der Waals surface area contributed by atoms with Crippen molar-refractivity contribution in [3.05, 3.63) is 77.8 Å². The lowest BCUT2D eigenvalue weighted by Gasteiger charge is -2.12. The van der Waals surface area contributed by atoms with Crippen LogP contribution in [-0.2, 0) is 10.2 Å². The molecule has 7 heteroatoms. The normalized spacial score (nSPS) is 15.9. The van der Waals surface area contributed by atoms with Crippen molar-refractivity contribution in [3.63, 3.8) is 0 Å². The van der Waals surface area contributed by atoms with Crippen molar-refractivity contribution in [3.8, 4) is 0 Å². The molecule has 1 aliphatic rings. The number of rotatable bonds is 5. The number of carbonyl (C=O) groups is 1. The van der Waals surface area contributed by atoms with Crippen molar-refractivity contribution in [2.24, 2.45) is 10.7 Å². The molecule has 0 aromatic heterocycles. The molecule has 0 spiro atoms. The molecule has 3 rings (SSSR count). The number of benzene rings is 2. The molecule has 2 aromatic carbocycles. The van der Waals surface area contributed by atoms with Crippen molar-refractivity contribution in [1.82, 2.24) is 0 Å². The van der Waals surface area contributed by atoms with Gasteiger partial charge in [0, 0.05) is 17.8 Å². The second kappa shape index (κ2) is 7.03. The number of anilines is 1. The highest BCUT2D eigenvalue weighted by Gasteiger charge is 2.52. The predicted octanol–water partition coefficient (Wildman–Crippen LogP) is 3.65. The molecule has 0 saturated heterocycles. The molecule has 26 heavy (non-hydrogen) atoms. The lowest BCUT2D eigenvalue weighted by atomic mass is 9.94. The number of nitrogens with zero attached hydrogens (tertiary/aromatic N) is 1. The average Bonchev–Trinajstić information content (AvgIpc) is 3.40. The zero-order valence-corrected chi connectivity index (χ0v) is 13.7. The molecule has 4 nitrogen and oxygen atoms in total. The van der Waals surface area contributed by atoms with Crippen LogP contribution in [0.3, 0.4) is 0 Å². The lowest BCUT2D eigenvalue weighted by Crippen LogP contribution is -2.23. The summed E-state index contributed by atoms with van der Waals surface area (Å²) >= 11 is 0. The Hall–Kier alpha value is -3.09.